The minimum Gasteiger partial charge on any atom is -0.493 e. The van der Waals surface area contributed by atoms with Crippen LogP contribution in [0.2, 0.25) is 0 Å². The lowest BCUT2D eigenvalue weighted by Gasteiger charge is -2.12. The van der Waals surface area contributed by atoms with Gasteiger partial charge in [-0.25, -0.2) is 5.43 Å². The van der Waals surface area contributed by atoms with E-state index in [2.05, 4.69) is 20.7 Å². The van der Waals surface area contributed by atoms with Crippen LogP contribution in [0.1, 0.15) is 11.8 Å². The van der Waals surface area contributed by atoms with E-state index in [1.807, 2.05) is 77.5 Å². The van der Waals surface area contributed by atoms with E-state index in [-0.39, 0.29) is 11.7 Å². The minimum atomic E-state index is -0.226. The molecular weight excluding hydrogens is 470 g/mol. The summed E-state index contributed by atoms with van der Waals surface area (Å²) in [5.74, 6) is 1.76. The van der Waals surface area contributed by atoms with Gasteiger partial charge in [-0.05, 0) is 48.7 Å². The average Bonchev–Trinajstić information content (AvgIpc) is 3.56. The van der Waals surface area contributed by atoms with Crippen molar-refractivity contribution in [3.05, 3.63) is 70.9 Å². The van der Waals surface area contributed by atoms with E-state index in [9.17, 15) is 4.79 Å². The first-order chi connectivity index (χ1) is 16.6. The molecule has 2 aromatic carbocycles. The Balaban J connectivity index is 1.58. The van der Waals surface area contributed by atoms with E-state index in [1.54, 1.807) is 25.6 Å². The van der Waals surface area contributed by atoms with Gasteiger partial charge in [-0.1, -0.05) is 36.0 Å². The number of ether oxygens (including phenoxy) is 2. The monoisotopic (exact) mass is 493 g/mol. The van der Waals surface area contributed by atoms with Crippen LogP contribution in [0.3, 0.4) is 0 Å². The predicted molar refractivity (Wildman–Crippen MR) is 135 cm³/mol. The number of hydrazone groups is 1. The number of methoxy groups -OCH3 is 2. The van der Waals surface area contributed by atoms with Crippen LogP contribution in [0, 0.1) is 0 Å². The molecule has 1 N–H and O–H groups in total. The summed E-state index contributed by atoms with van der Waals surface area (Å²) in [6.45, 7) is 1.86. The third-order valence-corrected chi connectivity index (χ3v) is 6.76. The summed E-state index contributed by atoms with van der Waals surface area (Å²) in [5, 5.41) is 15.5. The molecule has 2 aromatic heterocycles. The van der Waals surface area contributed by atoms with E-state index in [0.29, 0.717) is 22.5 Å². The van der Waals surface area contributed by atoms with Gasteiger partial charge in [-0.15, -0.1) is 21.5 Å². The first-order valence-corrected chi connectivity index (χ1v) is 12.2. The van der Waals surface area contributed by atoms with Crippen molar-refractivity contribution in [3.63, 3.8) is 0 Å². The van der Waals surface area contributed by atoms with Gasteiger partial charge in [0.25, 0.3) is 5.91 Å². The highest BCUT2D eigenvalue weighted by Crippen LogP contribution is 2.34. The van der Waals surface area contributed by atoms with Gasteiger partial charge >= 0.3 is 0 Å². The first kappa shape index (κ1) is 23.5. The molecule has 0 aliphatic carbocycles. The van der Waals surface area contributed by atoms with Crippen LogP contribution in [0.5, 0.6) is 11.5 Å². The summed E-state index contributed by atoms with van der Waals surface area (Å²) >= 11 is 2.86. The molecule has 0 radical (unpaired) electrons. The molecule has 2 heterocycles. The number of carbonyl (C=O) groups is 1. The highest BCUT2D eigenvalue weighted by molar-refractivity contribution is 7.99. The van der Waals surface area contributed by atoms with Crippen molar-refractivity contribution >= 4 is 34.7 Å². The lowest BCUT2D eigenvalue weighted by Crippen LogP contribution is -2.21. The van der Waals surface area contributed by atoms with Gasteiger partial charge in [-0.2, -0.15) is 5.10 Å². The molecule has 4 aromatic rings. The Morgan fingerprint density at radius 3 is 2.56 bits per heavy atom. The molecule has 0 spiro atoms. The van der Waals surface area contributed by atoms with Crippen LogP contribution in [0.25, 0.3) is 17.1 Å². The number of benzene rings is 2. The SMILES string of the molecule is COc1ccc(-c2nnc(SCC(=O)N/N=C(/C)c3cccs3)n2-c2ccccc2)cc1OC. The normalized spacial score (nSPS) is 11.3. The summed E-state index contributed by atoms with van der Waals surface area (Å²) in [6, 6.07) is 19.2. The fourth-order valence-electron chi connectivity index (χ4n) is 3.18. The van der Waals surface area contributed by atoms with Gasteiger partial charge in [0, 0.05) is 16.1 Å². The van der Waals surface area contributed by atoms with Crippen molar-refractivity contribution in [2.45, 2.75) is 12.1 Å². The first-order valence-electron chi connectivity index (χ1n) is 10.3. The highest BCUT2D eigenvalue weighted by atomic mass is 32.2. The molecular formula is C24H23N5O3S2. The Labute approximate surface area is 205 Å². The average molecular weight is 494 g/mol. The number of amides is 1. The van der Waals surface area contributed by atoms with Gasteiger partial charge < -0.3 is 9.47 Å². The summed E-state index contributed by atoms with van der Waals surface area (Å²) < 4.78 is 12.7. The molecule has 4 rings (SSSR count). The van der Waals surface area contributed by atoms with Gasteiger partial charge in [0.1, 0.15) is 0 Å². The maximum absolute atomic E-state index is 12.4. The number of para-hydroxylation sites is 1. The quantitative estimate of drug-likeness (QED) is 0.207. The zero-order chi connectivity index (χ0) is 23.9. The Hall–Kier alpha value is -3.63. The van der Waals surface area contributed by atoms with Crippen molar-refractivity contribution in [1.29, 1.82) is 0 Å². The molecule has 0 aliphatic heterocycles. The second kappa shape index (κ2) is 11.0. The topological polar surface area (TPSA) is 90.6 Å². The lowest BCUT2D eigenvalue weighted by atomic mass is 10.2. The number of nitrogens with zero attached hydrogens (tertiary/aromatic N) is 4. The predicted octanol–water partition coefficient (Wildman–Crippen LogP) is 4.65. The molecule has 174 valence electrons. The molecule has 8 nitrogen and oxygen atoms in total. The van der Waals surface area contributed by atoms with E-state index >= 15 is 0 Å². The van der Waals surface area contributed by atoms with Crippen molar-refractivity contribution < 1.29 is 14.3 Å². The van der Waals surface area contributed by atoms with Crippen molar-refractivity contribution in [2.24, 2.45) is 5.10 Å². The summed E-state index contributed by atoms with van der Waals surface area (Å²) in [4.78, 5) is 13.5. The van der Waals surface area contributed by atoms with Crippen molar-refractivity contribution in [3.8, 4) is 28.6 Å². The van der Waals surface area contributed by atoms with Gasteiger partial charge in [-0.3, -0.25) is 9.36 Å². The second-order valence-corrected chi connectivity index (χ2v) is 8.94. The number of nitrogens with one attached hydrogen (secondary N) is 1. The standard InChI is InChI=1S/C24H23N5O3S2/c1-16(21-10-7-13-33-21)25-26-22(30)15-34-24-28-27-23(29(24)18-8-5-4-6-9-18)17-11-12-19(31-2)20(14-17)32-3/h4-14H,15H2,1-3H3,(H,26,30)/b25-16-. The highest BCUT2D eigenvalue weighted by Gasteiger charge is 2.18. The molecule has 34 heavy (non-hydrogen) atoms. The van der Waals surface area contributed by atoms with Crippen LogP contribution >= 0.6 is 23.1 Å². The Morgan fingerprint density at radius 2 is 1.85 bits per heavy atom. The smallest absolute Gasteiger partial charge is 0.250 e. The summed E-state index contributed by atoms with van der Waals surface area (Å²) in [7, 11) is 3.18. The zero-order valence-electron chi connectivity index (χ0n) is 18.9. The van der Waals surface area contributed by atoms with Gasteiger partial charge in [0.15, 0.2) is 22.5 Å². The number of thioether (sulfide) groups is 1. The minimum absolute atomic E-state index is 0.137. The zero-order valence-corrected chi connectivity index (χ0v) is 20.5. The number of thiophene rings is 1. The molecule has 10 heteroatoms. The van der Waals surface area contributed by atoms with E-state index in [4.69, 9.17) is 9.47 Å². The van der Waals surface area contributed by atoms with Crippen LogP contribution in [-0.4, -0.2) is 46.4 Å². The Bertz CT molecular complexity index is 1290. The van der Waals surface area contributed by atoms with E-state index in [1.165, 1.54) is 11.8 Å². The molecule has 0 saturated carbocycles. The third kappa shape index (κ3) is 5.29. The Kier molecular flexibility index (Phi) is 7.61. The lowest BCUT2D eigenvalue weighted by molar-refractivity contribution is -0.118. The number of carbonyl (C=O) groups excluding carboxylic acids is 1. The second-order valence-electron chi connectivity index (χ2n) is 7.05. The Morgan fingerprint density at radius 1 is 1.06 bits per heavy atom. The number of rotatable bonds is 9. The van der Waals surface area contributed by atoms with Crippen molar-refractivity contribution in [2.75, 3.05) is 20.0 Å². The number of hydrogen-bond donors (Lipinski definition) is 1. The summed E-state index contributed by atoms with van der Waals surface area (Å²) in [6.07, 6.45) is 0. The van der Waals surface area contributed by atoms with Crippen molar-refractivity contribution in [1.82, 2.24) is 20.2 Å². The fraction of sp³-hybridized carbons (Fsp3) is 0.167. The van der Waals surface area contributed by atoms with Gasteiger partial charge in [0.05, 0.1) is 25.7 Å². The summed E-state index contributed by atoms with van der Waals surface area (Å²) in [5.41, 5.74) is 5.06. The van der Waals surface area contributed by atoms with Gasteiger partial charge in [0.2, 0.25) is 0 Å². The molecule has 0 saturated heterocycles. The number of aromatic nitrogens is 3. The molecule has 0 bridgehead atoms. The van der Waals surface area contributed by atoms with Crippen LogP contribution in [-0.2, 0) is 4.79 Å². The largest absolute Gasteiger partial charge is 0.493 e. The van der Waals surface area contributed by atoms with Crippen LogP contribution in [0.4, 0.5) is 0 Å². The molecule has 1 amide bonds. The van der Waals surface area contributed by atoms with E-state index in [0.717, 1.165) is 21.8 Å². The van der Waals surface area contributed by atoms with Crippen LogP contribution < -0.4 is 14.9 Å². The fourth-order valence-corrected chi connectivity index (χ4v) is 4.60. The number of hydrogen-bond acceptors (Lipinski definition) is 8. The molecule has 0 fully saturated rings. The molecule has 0 unspecified atom stereocenters. The molecule has 0 atom stereocenters. The van der Waals surface area contributed by atoms with Crippen LogP contribution in [0.15, 0.2) is 76.3 Å². The molecule has 0 aliphatic rings. The maximum atomic E-state index is 12.4. The van der Waals surface area contributed by atoms with E-state index < -0.39 is 0 Å². The maximum Gasteiger partial charge on any atom is 0.250 e. The third-order valence-electron chi connectivity index (χ3n) is 4.85.